The summed E-state index contributed by atoms with van der Waals surface area (Å²) in [7, 11) is 0. The second kappa shape index (κ2) is 7.53. The number of hydrogen-bond acceptors (Lipinski definition) is 5. The number of aromatic nitrogens is 2. The number of esters is 1. The second-order valence-electron chi connectivity index (χ2n) is 6.47. The molecule has 1 aliphatic rings. The molecule has 0 saturated heterocycles. The Morgan fingerprint density at radius 1 is 1.26 bits per heavy atom. The van der Waals surface area contributed by atoms with Crippen molar-refractivity contribution in [1.82, 2.24) is 15.3 Å². The zero-order chi connectivity index (χ0) is 17.0. The number of ether oxygens (including phenoxy) is 1. The standard InChI is InChI=1S/C17H25N3O3/c1-10-6-5-7-14(12(10)3)20-16(21)13(4)23-17(22)15-9-18-11(2)8-19-15/h8-10,12-14H,5-7H2,1-4H3,(H,20,21)/t10-,12-,13-,14+/m0/s1. The van der Waals surface area contributed by atoms with Crippen LogP contribution >= 0.6 is 0 Å². The third-order valence-corrected chi connectivity index (χ3v) is 4.68. The van der Waals surface area contributed by atoms with Crippen LogP contribution < -0.4 is 5.32 Å². The van der Waals surface area contributed by atoms with Crippen molar-refractivity contribution < 1.29 is 14.3 Å². The van der Waals surface area contributed by atoms with E-state index in [4.69, 9.17) is 4.74 Å². The van der Waals surface area contributed by atoms with Crippen molar-refractivity contribution >= 4 is 11.9 Å². The fourth-order valence-corrected chi connectivity index (χ4v) is 2.86. The van der Waals surface area contributed by atoms with Gasteiger partial charge in [0.25, 0.3) is 5.91 Å². The van der Waals surface area contributed by atoms with E-state index in [0.717, 1.165) is 12.8 Å². The van der Waals surface area contributed by atoms with E-state index in [1.54, 1.807) is 13.8 Å². The van der Waals surface area contributed by atoms with Crippen LogP contribution in [0.25, 0.3) is 0 Å². The number of rotatable bonds is 4. The summed E-state index contributed by atoms with van der Waals surface area (Å²) in [6.45, 7) is 7.73. The highest BCUT2D eigenvalue weighted by Crippen LogP contribution is 2.29. The highest BCUT2D eigenvalue weighted by molar-refractivity contribution is 5.90. The van der Waals surface area contributed by atoms with Gasteiger partial charge < -0.3 is 10.1 Å². The van der Waals surface area contributed by atoms with Crippen LogP contribution in [-0.2, 0) is 9.53 Å². The van der Waals surface area contributed by atoms with Gasteiger partial charge in [-0.15, -0.1) is 0 Å². The molecule has 1 fully saturated rings. The Kier molecular flexibility index (Phi) is 5.69. The molecular weight excluding hydrogens is 294 g/mol. The molecule has 1 aromatic heterocycles. The topological polar surface area (TPSA) is 81.2 Å². The van der Waals surface area contributed by atoms with E-state index in [-0.39, 0.29) is 17.6 Å². The predicted molar refractivity (Wildman–Crippen MR) is 85.8 cm³/mol. The first-order chi connectivity index (χ1) is 10.9. The van der Waals surface area contributed by atoms with Gasteiger partial charge in [-0.1, -0.05) is 26.7 Å². The average molecular weight is 319 g/mol. The van der Waals surface area contributed by atoms with Crippen LogP contribution in [0.15, 0.2) is 12.4 Å². The molecule has 0 bridgehead atoms. The van der Waals surface area contributed by atoms with Crippen molar-refractivity contribution in [2.45, 2.75) is 59.1 Å². The van der Waals surface area contributed by atoms with E-state index in [0.29, 0.717) is 17.5 Å². The Morgan fingerprint density at radius 2 is 2.00 bits per heavy atom. The Balaban J connectivity index is 1.89. The molecule has 0 unspecified atom stereocenters. The van der Waals surface area contributed by atoms with Crippen molar-refractivity contribution in [2.24, 2.45) is 11.8 Å². The lowest BCUT2D eigenvalue weighted by atomic mass is 9.78. The highest BCUT2D eigenvalue weighted by Gasteiger charge is 2.30. The van der Waals surface area contributed by atoms with E-state index >= 15 is 0 Å². The van der Waals surface area contributed by atoms with Crippen LogP contribution in [0, 0.1) is 18.8 Å². The van der Waals surface area contributed by atoms with Gasteiger partial charge in [-0.2, -0.15) is 0 Å². The van der Waals surface area contributed by atoms with Gasteiger partial charge in [0.1, 0.15) is 0 Å². The molecule has 6 nitrogen and oxygen atoms in total. The summed E-state index contributed by atoms with van der Waals surface area (Å²) in [4.78, 5) is 32.2. The minimum Gasteiger partial charge on any atom is -0.448 e. The summed E-state index contributed by atoms with van der Waals surface area (Å²) < 4.78 is 5.19. The molecule has 126 valence electrons. The van der Waals surface area contributed by atoms with E-state index in [2.05, 4.69) is 29.1 Å². The van der Waals surface area contributed by atoms with Gasteiger partial charge in [-0.3, -0.25) is 9.78 Å². The SMILES string of the molecule is Cc1cnc(C(=O)O[C@@H](C)C(=O)N[C@@H]2CCC[C@H](C)[C@@H]2C)cn1. The maximum atomic E-state index is 12.3. The monoisotopic (exact) mass is 319 g/mol. The Morgan fingerprint density at radius 3 is 2.65 bits per heavy atom. The summed E-state index contributed by atoms with van der Waals surface area (Å²) in [5.41, 5.74) is 0.822. The molecule has 0 aliphatic heterocycles. The molecule has 4 atom stereocenters. The Bertz CT molecular complexity index is 559. The van der Waals surface area contributed by atoms with Crippen molar-refractivity contribution in [3.63, 3.8) is 0 Å². The second-order valence-corrected chi connectivity index (χ2v) is 6.47. The molecule has 1 heterocycles. The summed E-state index contributed by atoms with van der Waals surface area (Å²) in [5, 5.41) is 3.01. The molecule has 1 aromatic rings. The Hall–Kier alpha value is -1.98. The normalized spacial score (nSPS) is 25.5. The molecule has 1 N–H and O–H groups in total. The summed E-state index contributed by atoms with van der Waals surface area (Å²) in [6.07, 6.45) is 5.28. The van der Waals surface area contributed by atoms with Crippen molar-refractivity contribution in [1.29, 1.82) is 0 Å². The number of nitrogens with zero attached hydrogens (tertiary/aromatic N) is 2. The smallest absolute Gasteiger partial charge is 0.359 e. The van der Waals surface area contributed by atoms with E-state index < -0.39 is 12.1 Å². The number of carbonyl (C=O) groups is 2. The molecule has 0 aromatic carbocycles. The van der Waals surface area contributed by atoms with Gasteiger partial charge in [0.15, 0.2) is 11.8 Å². The van der Waals surface area contributed by atoms with Crippen LogP contribution in [0.1, 0.15) is 56.2 Å². The first-order valence-corrected chi connectivity index (χ1v) is 8.18. The quantitative estimate of drug-likeness (QED) is 0.861. The molecule has 2 rings (SSSR count). The highest BCUT2D eigenvalue weighted by atomic mass is 16.5. The van der Waals surface area contributed by atoms with E-state index in [9.17, 15) is 9.59 Å². The van der Waals surface area contributed by atoms with Crippen molar-refractivity contribution in [2.75, 3.05) is 0 Å². The van der Waals surface area contributed by atoms with Crippen LogP contribution in [0.2, 0.25) is 0 Å². The molecule has 0 spiro atoms. The van der Waals surface area contributed by atoms with E-state index in [1.807, 2.05) is 0 Å². The summed E-state index contributed by atoms with van der Waals surface area (Å²) in [6, 6.07) is 0.145. The molecule has 1 saturated carbocycles. The predicted octanol–water partition coefficient (Wildman–Crippen LogP) is 2.27. The van der Waals surface area contributed by atoms with Crippen LogP contribution in [0.5, 0.6) is 0 Å². The van der Waals surface area contributed by atoms with Gasteiger partial charge in [0.05, 0.1) is 11.9 Å². The lowest BCUT2D eigenvalue weighted by Gasteiger charge is -2.35. The van der Waals surface area contributed by atoms with Crippen molar-refractivity contribution in [3.05, 3.63) is 23.8 Å². The summed E-state index contributed by atoms with van der Waals surface area (Å²) >= 11 is 0. The van der Waals surface area contributed by atoms with Gasteiger partial charge in [-0.25, -0.2) is 9.78 Å². The number of hydrogen-bond donors (Lipinski definition) is 1. The molecule has 6 heteroatoms. The number of nitrogens with one attached hydrogen (secondary N) is 1. The fourth-order valence-electron chi connectivity index (χ4n) is 2.86. The minimum atomic E-state index is -0.852. The molecular formula is C17H25N3O3. The Labute approximate surface area is 137 Å². The van der Waals surface area contributed by atoms with E-state index in [1.165, 1.54) is 18.8 Å². The molecule has 1 amide bonds. The van der Waals surface area contributed by atoms with Crippen LogP contribution in [0.4, 0.5) is 0 Å². The van der Waals surface area contributed by atoms with Gasteiger partial charge in [0.2, 0.25) is 0 Å². The largest absolute Gasteiger partial charge is 0.448 e. The van der Waals surface area contributed by atoms with Gasteiger partial charge in [0, 0.05) is 12.2 Å². The number of aryl methyl sites for hydroxylation is 1. The van der Waals surface area contributed by atoms with Crippen molar-refractivity contribution in [3.8, 4) is 0 Å². The number of amides is 1. The molecule has 1 aliphatic carbocycles. The minimum absolute atomic E-state index is 0.106. The summed E-state index contributed by atoms with van der Waals surface area (Å²) in [5.74, 6) is 0.128. The van der Waals surface area contributed by atoms with Gasteiger partial charge in [-0.05, 0) is 32.1 Å². The van der Waals surface area contributed by atoms with Gasteiger partial charge >= 0.3 is 5.97 Å². The third kappa shape index (κ3) is 4.50. The first-order valence-electron chi connectivity index (χ1n) is 8.18. The zero-order valence-corrected chi connectivity index (χ0v) is 14.2. The maximum Gasteiger partial charge on any atom is 0.359 e. The lowest BCUT2D eigenvalue weighted by molar-refractivity contribution is -0.130. The zero-order valence-electron chi connectivity index (χ0n) is 14.2. The lowest BCUT2D eigenvalue weighted by Crippen LogP contribution is -2.47. The average Bonchev–Trinajstić information content (AvgIpc) is 2.52. The van der Waals surface area contributed by atoms with Crippen LogP contribution in [0.3, 0.4) is 0 Å². The number of carbonyl (C=O) groups excluding carboxylic acids is 2. The van der Waals surface area contributed by atoms with Crippen LogP contribution in [-0.4, -0.2) is 34.0 Å². The maximum absolute atomic E-state index is 12.3. The molecule has 23 heavy (non-hydrogen) atoms. The third-order valence-electron chi connectivity index (χ3n) is 4.68. The first kappa shape index (κ1) is 17.4. The fraction of sp³-hybridized carbons (Fsp3) is 0.647. The molecule has 0 radical (unpaired) electrons.